The fraction of sp³-hybridized carbons (Fsp3) is 0.0833. The second-order valence-corrected chi connectivity index (χ2v) is 3.46. The zero-order valence-electron chi connectivity index (χ0n) is 9.09. The van der Waals surface area contributed by atoms with Crippen molar-refractivity contribution in [3.8, 4) is 6.07 Å². The third-order valence-electron chi connectivity index (χ3n) is 2.22. The molecule has 0 aliphatic rings. The van der Waals surface area contributed by atoms with Crippen molar-refractivity contribution in [1.82, 2.24) is 9.97 Å². The van der Waals surface area contributed by atoms with E-state index in [1.807, 2.05) is 30.3 Å². The molecular weight excluding hydrogens is 214 g/mol. The van der Waals surface area contributed by atoms with Crippen LogP contribution >= 0.6 is 0 Å². The molecule has 1 aromatic heterocycles. The van der Waals surface area contributed by atoms with E-state index in [2.05, 4.69) is 15.3 Å². The molecule has 2 aromatic rings. The van der Waals surface area contributed by atoms with Gasteiger partial charge in [-0.05, 0) is 17.7 Å². The molecule has 0 fully saturated rings. The molecule has 0 atom stereocenters. The number of nitrogens with one attached hydrogen (secondary N) is 1. The summed E-state index contributed by atoms with van der Waals surface area (Å²) < 4.78 is 0. The van der Waals surface area contributed by atoms with Crippen molar-refractivity contribution >= 4 is 11.5 Å². The van der Waals surface area contributed by atoms with Crippen molar-refractivity contribution in [2.24, 2.45) is 0 Å². The lowest BCUT2D eigenvalue weighted by atomic mass is 10.2. The fourth-order valence-electron chi connectivity index (χ4n) is 1.44. The lowest BCUT2D eigenvalue weighted by Crippen LogP contribution is -2.04. The van der Waals surface area contributed by atoms with Crippen LogP contribution in [0.4, 0.5) is 11.5 Å². The van der Waals surface area contributed by atoms with Crippen LogP contribution in [0.2, 0.25) is 0 Å². The Hall–Kier alpha value is -2.61. The predicted octanol–water partition coefficient (Wildman–Crippen LogP) is 1.54. The van der Waals surface area contributed by atoms with Gasteiger partial charge >= 0.3 is 0 Å². The number of hydrogen-bond acceptors (Lipinski definition) is 5. The molecule has 0 radical (unpaired) electrons. The van der Waals surface area contributed by atoms with E-state index in [1.54, 1.807) is 6.20 Å². The molecule has 84 valence electrons. The van der Waals surface area contributed by atoms with Gasteiger partial charge in [-0.25, -0.2) is 9.97 Å². The second kappa shape index (κ2) is 4.94. The van der Waals surface area contributed by atoms with Gasteiger partial charge in [0, 0.05) is 24.6 Å². The molecule has 0 saturated heterocycles. The summed E-state index contributed by atoms with van der Waals surface area (Å²) in [5.41, 5.74) is 7.70. The Morgan fingerprint density at radius 1 is 1.29 bits per heavy atom. The van der Waals surface area contributed by atoms with Crippen LogP contribution in [-0.4, -0.2) is 9.97 Å². The summed E-state index contributed by atoms with van der Waals surface area (Å²) in [7, 11) is 0. The summed E-state index contributed by atoms with van der Waals surface area (Å²) in [6.45, 7) is 0.554. The molecule has 1 aromatic carbocycles. The normalized spacial score (nSPS) is 9.59. The Bertz CT molecular complexity index is 559. The molecule has 0 bridgehead atoms. The quantitative estimate of drug-likeness (QED) is 0.773. The lowest BCUT2D eigenvalue weighted by Gasteiger charge is -2.06. The SMILES string of the molecule is N#Cc1nccnc1NCc1cccc(N)c1. The van der Waals surface area contributed by atoms with Crippen LogP contribution in [0.25, 0.3) is 0 Å². The van der Waals surface area contributed by atoms with Crippen LogP contribution in [0.15, 0.2) is 36.7 Å². The number of hydrogen-bond donors (Lipinski definition) is 2. The predicted molar refractivity (Wildman–Crippen MR) is 64.9 cm³/mol. The number of nitriles is 1. The van der Waals surface area contributed by atoms with Gasteiger partial charge in [0.1, 0.15) is 6.07 Å². The highest BCUT2D eigenvalue weighted by Crippen LogP contribution is 2.11. The molecule has 2 rings (SSSR count). The molecular formula is C12H11N5. The number of nitrogens with two attached hydrogens (primary N) is 1. The van der Waals surface area contributed by atoms with Gasteiger partial charge in [-0.15, -0.1) is 0 Å². The average Bonchev–Trinajstić information content (AvgIpc) is 2.37. The molecule has 0 amide bonds. The maximum absolute atomic E-state index is 8.85. The first-order valence-corrected chi connectivity index (χ1v) is 5.09. The third kappa shape index (κ3) is 2.69. The Balaban J connectivity index is 2.10. The van der Waals surface area contributed by atoms with Crippen LogP contribution in [0, 0.1) is 11.3 Å². The fourth-order valence-corrected chi connectivity index (χ4v) is 1.44. The minimum absolute atomic E-state index is 0.288. The third-order valence-corrected chi connectivity index (χ3v) is 2.22. The second-order valence-electron chi connectivity index (χ2n) is 3.46. The molecule has 5 nitrogen and oxygen atoms in total. The zero-order valence-corrected chi connectivity index (χ0v) is 9.09. The number of anilines is 2. The number of rotatable bonds is 3. The zero-order chi connectivity index (χ0) is 12.1. The van der Waals surface area contributed by atoms with Gasteiger partial charge < -0.3 is 11.1 Å². The Kier molecular flexibility index (Phi) is 3.17. The maximum atomic E-state index is 8.85. The minimum Gasteiger partial charge on any atom is -0.399 e. The Morgan fingerprint density at radius 2 is 2.12 bits per heavy atom. The average molecular weight is 225 g/mol. The van der Waals surface area contributed by atoms with E-state index >= 15 is 0 Å². The lowest BCUT2D eigenvalue weighted by molar-refractivity contribution is 1.07. The largest absolute Gasteiger partial charge is 0.399 e. The highest BCUT2D eigenvalue weighted by atomic mass is 15.0. The van der Waals surface area contributed by atoms with Crippen LogP contribution in [0.3, 0.4) is 0 Å². The van der Waals surface area contributed by atoms with Crippen LogP contribution < -0.4 is 11.1 Å². The first-order valence-electron chi connectivity index (χ1n) is 5.09. The van der Waals surface area contributed by atoms with Gasteiger partial charge in [-0.3, -0.25) is 0 Å². The standard InChI is InChI=1S/C12H11N5/c13-7-11-12(16-5-4-15-11)17-8-9-2-1-3-10(14)6-9/h1-6H,8,14H2,(H,16,17). The van der Waals surface area contributed by atoms with Gasteiger partial charge in [-0.1, -0.05) is 12.1 Å². The highest BCUT2D eigenvalue weighted by Gasteiger charge is 2.03. The van der Waals surface area contributed by atoms with Gasteiger partial charge in [0.15, 0.2) is 11.5 Å². The van der Waals surface area contributed by atoms with Crippen molar-refractivity contribution in [2.45, 2.75) is 6.54 Å². The minimum atomic E-state index is 0.288. The van der Waals surface area contributed by atoms with E-state index in [1.165, 1.54) is 6.20 Å². The molecule has 0 saturated carbocycles. The number of aromatic nitrogens is 2. The van der Waals surface area contributed by atoms with E-state index in [4.69, 9.17) is 11.0 Å². The smallest absolute Gasteiger partial charge is 0.182 e. The molecule has 17 heavy (non-hydrogen) atoms. The van der Waals surface area contributed by atoms with Gasteiger partial charge in [0.25, 0.3) is 0 Å². The van der Waals surface area contributed by atoms with E-state index in [9.17, 15) is 0 Å². The van der Waals surface area contributed by atoms with Crippen molar-refractivity contribution in [1.29, 1.82) is 5.26 Å². The van der Waals surface area contributed by atoms with E-state index in [0.29, 0.717) is 18.1 Å². The molecule has 0 aliphatic heterocycles. The van der Waals surface area contributed by atoms with E-state index in [-0.39, 0.29) is 5.69 Å². The van der Waals surface area contributed by atoms with Gasteiger partial charge in [0.2, 0.25) is 0 Å². The highest BCUT2D eigenvalue weighted by molar-refractivity contribution is 5.48. The van der Waals surface area contributed by atoms with Gasteiger partial charge in [-0.2, -0.15) is 5.26 Å². The summed E-state index contributed by atoms with van der Waals surface area (Å²) in [6, 6.07) is 9.51. The Morgan fingerprint density at radius 3 is 2.88 bits per heavy atom. The molecule has 5 heteroatoms. The monoisotopic (exact) mass is 225 g/mol. The first kappa shape index (κ1) is 10.9. The van der Waals surface area contributed by atoms with E-state index < -0.39 is 0 Å². The summed E-state index contributed by atoms with van der Waals surface area (Å²) in [5.74, 6) is 0.484. The van der Waals surface area contributed by atoms with Crippen LogP contribution in [0.1, 0.15) is 11.3 Å². The Labute approximate surface area is 98.9 Å². The number of nitrogen functional groups attached to an aromatic ring is 1. The number of nitrogens with zero attached hydrogens (tertiary/aromatic N) is 3. The molecule has 0 spiro atoms. The van der Waals surface area contributed by atoms with E-state index in [0.717, 1.165) is 5.56 Å². The maximum Gasteiger partial charge on any atom is 0.182 e. The van der Waals surface area contributed by atoms with Gasteiger partial charge in [0.05, 0.1) is 0 Å². The molecule has 1 heterocycles. The van der Waals surface area contributed by atoms with Crippen LogP contribution in [-0.2, 0) is 6.54 Å². The van der Waals surface area contributed by atoms with Crippen molar-refractivity contribution in [3.63, 3.8) is 0 Å². The van der Waals surface area contributed by atoms with Crippen molar-refractivity contribution < 1.29 is 0 Å². The van der Waals surface area contributed by atoms with Crippen molar-refractivity contribution in [3.05, 3.63) is 47.9 Å². The summed E-state index contributed by atoms with van der Waals surface area (Å²) in [6.07, 6.45) is 3.03. The van der Waals surface area contributed by atoms with Crippen LogP contribution in [0.5, 0.6) is 0 Å². The van der Waals surface area contributed by atoms with Crippen molar-refractivity contribution in [2.75, 3.05) is 11.1 Å². The molecule has 0 unspecified atom stereocenters. The first-order chi connectivity index (χ1) is 8.29. The summed E-state index contributed by atoms with van der Waals surface area (Å²) >= 11 is 0. The molecule has 0 aliphatic carbocycles. The summed E-state index contributed by atoms with van der Waals surface area (Å²) in [4.78, 5) is 7.98. The summed E-state index contributed by atoms with van der Waals surface area (Å²) in [5, 5.41) is 11.9. The topological polar surface area (TPSA) is 87.6 Å². The number of benzene rings is 1. The molecule has 3 N–H and O–H groups in total.